The van der Waals surface area contributed by atoms with Crippen LogP contribution in [0.4, 0.5) is 0 Å². The van der Waals surface area contributed by atoms with Crippen LogP contribution >= 0.6 is 0 Å². The van der Waals surface area contributed by atoms with Crippen molar-refractivity contribution in [3.63, 3.8) is 0 Å². The zero-order valence-electron chi connectivity index (χ0n) is 18.5. The summed E-state index contributed by atoms with van der Waals surface area (Å²) in [5.41, 5.74) is 0.712. The van der Waals surface area contributed by atoms with E-state index in [1.165, 1.54) is 7.11 Å². The Kier molecular flexibility index (Phi) is 8.57. The van der Waals surface area contributed by atoms with Crippen molar-refractivity contribution in [3.8, 4) is 0 Å². The van der Waals surface area contributed by atoms with Gasteiger partial charge in [0, 0.05) is 32.4 Å². The Morgan fingerprint density at radius 2 is 2.00 bits per heavy atom. The first kappa shape index (κ1) is 23.8. The van der Waals surface area contributed by atoms with Crippen LogP contribution in [0.1, 0.15) is 12.5 Å². The summed E-state index contributed by atoms with van der Waals surface area (Å²) < 4.78 is 31.4. The van der Waals surface area contributed by atoms with E-state index in [-0.39, 0.29) is 6.10 Å². The Hall–Kier alpha value is -1.84. The molecule has 1 aromatic carbocycles. The van der Waals surface area contributed by atoms with Crippen molar-refractivity contribution in [3.05, 3.63) is 59.7 Å². The highest BCUT2D eigenvalue weighted by Crippen LogP contribution is 2.32. The molecule has 1 fully saturated rings. The first-order chi connectivity index (χ1) is 14.9. The van der Waals surface area contributed by atoms with Gasteiger partial charge in [-0.25, -0.2) is 13.3 Å². The van der Waals surface area contributed by atoms with Crippen LogP contribution in [-0.2, 0) is 36.6 Å². The van der Waals surface area contributed by atoms with Crippen molar-refractivity contribution in [2.75, 3.05) is 52.8 Å². The third-order valence-electron chi connectivity index (χ3n) is 5.74. The lowest BCUT2D eigenvalue weighted by molar-refractivity contribution is -0.135. The summed E-state index contributed by atoms with van der Waals surface area (Å²) in [7, 11) is 0.0830. The summed E-state index contributed by atoms with van der Waals surface area (Å²) in [5.74, 6) is -0.418. The first-order valence-corrected chi connectivity index (χ1v) is 12.0. The zero-order chi connectivity index (χ0) is 22.3. The average molecular weight is 449 g/mol. The number of benzene rings is 1. The quantitative estimate of drug-likeness (QED) is 0.538. The molecule has 0 radical (unpaired) electrons. The molecule has 0 aromatic heterocycles. The Balaban J connectivity index is 1.82. The molecule has 170 valence electrons. The molecule has 7 nitrogen and oxygen atoms in total. The van der Waals surface area contributed by atoms with Crippen molar-refractivity contribution >= 4 is 17.0 Å². The van der Waals surface area contributed by atoms with E-state index in [1.807, 2.05) is 53.7 Å². The standard InChI is InChI=1S/C23H32N2O5S/c1-23(25(31(3)27)12-11-24-13-15-29-16-14-24)17-20(22(26)28-2)9-10-21(23)30-18-19-7-5-4-6-8-19/h4-10,17,21H,11-16,18H2,1-3H3. The number of carbonyl (C=O) groups is 1. The molecule has 2 aliphatic rings. The number of hydrogen-bond acceptors (Lipinski definition) is 6. The Bertz CT molecular complexity index is 823. The van der Waals surface area contributed by atoms with Gasteiger partial charge in [-0.15, -0.1) is 0 Å². The van der Waals surface area contributed by atoms with Gasteiger partial charge in [0.1, 0.15) is 0 Å². The Labute approximate surface area is 187 Å². The van der Waals surface area contributed by atoms with E-state index in [2.05, 4.69) is 4.90 Å². The number of methoxy groups -OCH3 is 1. The number of rotatable bonds is 9. The monoisotopic (exact) mass is 448 g/mol. The lowest BCUT2D eigenvalue weighted by Crippen LogP contribution is -2.57. The maximum Gasteiger partial charge on any atom is 0.337 e. The van der Waals surface area contributed by atoms with E-state index in [0.29, 0.717) is 31.9 Å². The van der Waals surface area contributed by atoms with Crippen LogP contribution in [0, 0.1) is 0 Å². The molecule has 1 aliphatic heterocycles. The smallest absolute Gasteiger partial charge is 0.337 e. The third-order valence-corrected chi connectivity index (χ3v) is 6.94. The zero-order valence-corrected chi connectivity index (χ0v) is 19.3. The Morgan fingerprint density at radius 3 is 2.65 bits per heavy atom. The highest BCUT2D eigenvalue weighted by atomic mass is 32.2. The van der Waals surface area contributed by atoms with E-state index >= 15 is 0 Å². The second-order valence-electron chi connectivity index (χ2n) is 7.87. The summed E-state index contributed by atoms with van der Waals surface area (Å²) in [5, 5.41) is 0. The van der Waals surface area contributed by atoms with Gasteiger partial charge < -0.3 is 14.2 Å². The molecule has 1 saturated heterocycles. The van der Waals surface area contributed by atoms with Gasteiger partial charge in [-0.2, -0.15) is 0 Å². The molecular weight excluding hydrogens is 416 g/mol. The van der Waals surface area contributed by atoms with E-state index in [9.17, 15) is 9.00 Å². The molecule has 3 unspecified atom stereocenters. The van der Waals surface area contributed by atoms with Crippen LogP contribution in [0.15, 0.2) is 54.1 Å². The fraction of sp³-hybridized carbons (Fsp3) is 0.522. The van der Waals surface area contributed by atoms with Crippen LogP contribution in [0.2, 0.25) is 0 Å². The van der Waals surface area contributed by atoms with Crippen LogP contribution in [-0.4, -0.2) is 83.8 Å². The van der Waals surface area contributed by atoms with Crippen LogP contribution in [0.5, 0.6) is 0 Å². The molecule has 1 heterocycles. The normalized spacial score (nSPS) is 25.3. The molecule has 3 atom stereocenters. The maximum atomic E-state index is 12.9. The molecule has 0 amide bonds. The molecule has 1 aromatic rings. The topological polar surface area (TPSA) is 68.3 Å². The van der Waals surface area contributed by atoms with Gasteiger partial charge in [-0.1, -0.05) is 36.4 Å². The predicted octanol–water partition coefficient (Wildman–Crippen LogP) is 1.93. The van der Waals surface area contributed by atoms with Gasteiger partial charge in [-0.05, 0) is 24.6 Å². The van der Waals surface area contributed by atoms with Crippen LogP contribution < -0.4 is 0 Å². The predicted molar refractivity (Wildman–Crippen MR) is 121 cm³/mol. The van der Waals surface area contributed by atoms with Crippen molar-refractivity contribution in [2.45, 2.75) is 25.2 Å². The van der Waals surface area contributed by atoms with Crippen molar-refractivity contribution < 1.29 is 23.2 Å². The summed E-state index contributed by atoms with van der Waals surface area (Å²) >= 11 is 0. The molecule has 0 N–H and O–H groups in total. The SMILES string of the molecule is COC(=O)C1=CC(C)(N(CCN2CCOCC2)S(C)=O)C(OCc2ccccc2)C=C1. The molecule has 0 saturated carbocycles. The number of ether oxygens (including phenoxy) is 3. The van der Waals surface area contributed by atoms with Crippen LogP contribution in [0.3, 0.4) is 0 Å². The largest absolute Gasteiger partial charge is 0.465 e. The lowest BCUT2D eigenvalue weighted by Gasteiger charge is -2.44. The molecule has 0 spiro atoms. The molecular formula is C23H32N2O5S. The molecule has 3 rings (SSSR count). The third kappa shape index (κ3) is 6.11. The minimum Gasteiger partial charge on any atom is -0.465 e. The van der Waals surface area contributed by atoms with Crippen molar-refractivity contribution in [2.24, 2.45) is 0 Å². The minimum atomic E-state index is -1.28. The molecule has 8 heteroatoms. The summed E-state index contributed by atoms with van der Waals surface area (Å²) in [4.78, 5) is 14.5. The van der Waals surface area contributed by atoms with E-state index < -0.39 is 22.5 Å². The average Bonchev–Trinajstić information content (AvgIpc) is 2.79. The molecule has 1 aliphatic carbocycles. The van der Waals surface area contributed by atoms with Gasteiger partial charge in [0.05, 0.1) is 55.1 Å². The second kappa shape index (κ2) is 11.2. The molecule has 0 bridgehead atoms. The maximum absolute atomic E-state index is 12.9. The minimum absolute atomic E-state index is 0.380. The fourth-order valence-corrected chi connectivity index (χ4v) is 5.03. The number of hydrogen-bond donors (Lipinski definition) is 0. The number of nitrogens with zero attached hydrogens (tertiary/aromatic N) is 2. The van der Waals surface area contributed by atoms with E-state index in [1.54, 1.807) is 12.3 Å². The Morgan fingerprint density at radius 1 is 1.29 bits per heavy atom. The van der Waals surface area contributed by atoms with Crippen molar-refractivity contribution in [1.29, 1.82) is 0 Å². The highest BCUT2D eigenvalue weighted by molar-refractivity contribution is 7.81. The lowest BCUT2D eigenvalue weighted by atomic mass is 9.86. The van der Waals surface area contributed by atoms with Gasteiger partial charge in [0.25, 0.3) is 0 Å². The number of carbonyl (C=O) groups excluding carboxylic acids is 1. The van der Waals surface area contributed by atoms with E-state index in [4.69, 9.17) is 14.2 Å². The summed E-state index contributed by atoms with van der Waals surface area (Å²) in [6, 6.07) is 9.92. The molecule has 31 heavy (non-hydrogen) atoms. The summed E-state index contributed by atoms with van der Waals surface area (Å²) in [6.45, 7) is 6.86. The first-order valence-electron chi connectivity index (χ1n) is 10.5. The van der Waals surface area contributed by atoms with Gasteiger partial charge >= 0.3 is 5.97 Å². The fourth-order valence-electron chi connectivity index (χ4n) is 3.98. The van der Waals surface area contributed by atoms with Crippen LogP contribution in [0.25, 0.3) is 0 Å². The van der Waals surface area contributed by atoms with Gasteiger partial charge in [0.2, 0.25) is 0 Å². The van der Waals surface area contributed by atoms with Gasteiger partial charge in [-0.3, -0.25) is 4.90 Å². The van der Waals surface area contributed by atoms with E-state index in [0.717, 1.165) is 25.2 Å². The number of esters is 1. The number of morpholine rings is 1. The second-order valence-corrected chi connectivity index (χ2v) is 9.16. The summed E-state index contributed by atoms with van der Waals surface area (Å²) in [6.07, 6.45) is 6.71. The highest BCUT2D eigenvalue weighted by Gasteiger charge is 2.42. The van der Waals surface area contributed by atoms with Crippen molar-refractivity contribution in [1.82, 2.24) is 9.21 Å². The van der Waals surface area contributed by atoms with Gasteiger partial charge in [0.15, 0.2) is 0 Å².